The molecule has 0 aromatic carbocycles. The summed E-state index contributed by atoms with van der Waals surface area (Å²) in [5.74, 6) is -0.571. The minimum atomic E-state index is -1.11. The molecule has 14 atom stereocenters. The molecular weight excluding hydrogens is 516 g/mol. The first-order valence-electron chi connectivity index (χ1n) is 15.1. The number of fused-ring (bicyclic) bond motifs is 5. The summed E-state index contributed by atoms with van der Waals surface area (Å²) < 4.78 is 23.5. The van der Waals surface area contributed by atoms with Crippen LogP contribution in [0.4, 0.5) is 0 Å². The molecule has 0 spiro atoms. The highest BCUT2D eigenvalue weighted by Gasteiger charge is 2.52. The third-order valence-electron chi connectivity index (χ3n) is 10.2. The van der Waals surface area contributed by atoms with E-state index in [-0.39, 0.29) is 60.0 Å². The highest BCUT2D eigenvalue weighted by molar-refractivity contribution is 5.99. The fourth-order valence-corrected chi connectivity index (χ4v) is 7.75. The molecule has 0 aromatic rings. The summed E-state index contributed by atoms with van der Waals surface area (Å²) in [7, 11) is 1.47. The minimum absolute atomic E-state index is 0.00788. The van der Waals surface area contributed by atoms with Gasteiger partial charge < -0.3 is 34.3 Å². The molecule has 40 heavy (non-hydrogen) atoms. The second-order valence-electron chi connectivity index (χ2n) is 12.6. The maximum absolute atomic E-state index is 13.7. The first-order chi connectivity index (χ1) is 19.1. The Labute approximate surface area is 236 Å². The zero-order valence-electron chi connectivity index (χ0n) is 24.1. The summed E-state index contributed by atoms with van der Waals surface area (Å²) in [5, 5.41) is 31.5. The average Bonchev–Trinajstić information content (AvgIpc) is 3.50. The molecule has 2 heterocycles. The van der Waals surface area contributed by atoms with Gasteiger partial charge in [-0.1, -0.05) is 32.1 Å². The van der Waals surface area contributed by atoms with Crippen LogP contribution >= 0.6 is 0 Å². The van der Waals surface area contributed by atoms with E-state index in [0.29, 0.717) is 24.8 Å². The van der Waals surface area contributed by atoms with Crippen molar-refractivity contribution in [2.45, 2.75) is 115 Å². The topological polar surface area (TPSA) is 132 Å². The van der Waals surface area contributed by atoms with Crippen molar-refractivity contribution in [1.29, 1.82) is 0 Å². The van der Waals surface area contributed by atoms with E-state index in [4.69, 9.17) is 18.9 Å². The molecule has 3 N–H and O–H groups in total. The van der Waals surface area contributed by atoms with Crippen LogP contribution in [-0.4, -0.2) is 83.2 Å². The standard InChI is InChI=1S/C31H46O9/c1-5-18-7-6-8-25(32)15(2)27(34)24-13-22-20(23(24)14-26(33)39-18)10-9-17-11-19(12-21(17)22)40-31-30(37-4)29(36)28(35)16(3)38-31/h9-10,13,15-23,25,28-32,35-36H,5-8,11-12,14H2,1-4H3/t15-,16+,17-,18+,19-,20-,21-,22-,23+,25+,28+,29-,30-,31+/m1/s1. The lowest BCUT2D eigenvalue weighted by molar-refractivity contribution is -0.308. The quantitative estimate of drug-likeness (QED) is 0.350. The number of cyclic esters (lactones) is 1. The van der Waals surface area contributed by atoms with Crippen LogP contribution in [0.25, 0.3) is 0 Å². The molecule has 0 bridgehead atoms. The van der Waals surface area contributed by atoms with E-state index < -0.39 is 42.7 Å². The van der Waals surface area contributed by atoms with Crippen LogP contribution in [0.15, 0.2) is 23.8 Å². The predicted octanol–water partition coefficient (Wildman–Crippen LogP) is 2.70. The number of allylic oxidation sites excluding steroid dienone is 4. The number of ether oxygens (including phenoxy) is 4. The van der Waals surface area contributed by atoms with E-state index in [0.717, 1.165) is 19.3 Å². The normalized spacial score (nSPS) is 47.8. The summed E-state index contributed by atoms with van der Waals surface area (Å²) in [4.78, 5) is 26.8. The van der Waals surface area contributed by atoms with E-state index in [1.807, 2.05) is 6.92 Å². The molecule has 2 saturated heterocycles. The molecule has 0 radical (unpaired) electrons. The van der Waals surface area contributed by atoms with Gasteiger partial charge in [0.15, 0.2) is 12.1 Å². The van der Waals surface area contributed by atoms with Crippen molar-refractivity contribution in [2.24, 2.45) is 35.5 Å². The maximum Gasteiger partial charge on any atom is 0.306 e. The van der Waals surface area contributed by atoms with Crippen molar-refractivity contribution in [2.75, 3.05) is 7.11 Å². The Bertz CT molecular complexity index is 993. The second-order valence-corrected chi connectivity index (χ2v) is 12.6. The SMILES string of the molecule is CC[C@H]1CCC[C@H](O)[C@@H](C)C(=O)C2=C[C@@H]3[C@@H](C=C[C@@H]4C[C@@H](O[C@@H]5O[C@@H](C)[C@H](O)[C@@H](O)[C@H]5OC)C[C@@H]34)[C@@H]2CC(=O)O1. The Hall–Kier alpha value is -1.62. The molecular formula is C31H46O9. The number of Topliss-reactive ketones (excluding diaryl/α,β-unsaturated/α-hetero) is 1. The van der Waals surface area contributed by atoms with Crippen molar-refractivity contribution in [3.05, 3.63) is 23.8 Å². The van der Waals surface area contributed by atoms with Crippen molar-refractivity contribution < 1.29 is 43.9 Å². The first kappa shape index (κ1) is 29.9. The van der Waals surface area contributed by atoms with E-state index >= 15 is 0 Å². The average molecular weight is 563 g/mol. The Morgan fingerprint density at radius 3 is 2.52 bits per heavy atom. The van der Waals surface area contributed by atoms with Crippen LogP contribution in [0, 0.1) is 35.5 Å². The number of ketones is 1. The Kier molecular flexibility index (Phi) is 9.19. The number of aliphatic hydroxyl groups is 3. The lowest BCUT2D eigenvalue weighted by Gasteiger charge is -2.41. The summed E-state index contributed by atoms with van der Waals surface area (Å²) >= 11 is 0. The summed E-state index contributed by atoms with van der Waals surface area (Å²) in [6, 6.07) is 0. The zero-order chi connectivity index (χ0) is 28.7. The minimum Gasteiger partial charge on any atom is -0.462 e. The highest BCUT2D eigenvalue weighted by Crippen LogP contribution is 2.54. The van der Waals surface area contributed by atoms with E-state index in [1.165, 1.54) is 7.11 Å². The Morgan fingerprint density at radius 2 is 1.80 bits per heavy atom. The third kappa shape index (κ3) is 5.70. The number of carbonyl (C=O) groups is 2. The second kappa shape index (κ2) is 12.3. The molecule has 9 heteroatoms. The number of aliphatic hydroxyl groups excluding tert-OH is 3. The van der Waals surface area contributed by atoms with Crippen molar-refractivity contribution in [3.63, 3.8) is 0 Å². The number of carbonyl (C=O) groups excluding carboxylic acids is 2. The van der Waals surface area contributed by atoms with Gasteiger partial charge in [-0.15, -0.1) is 0 Å². The Balaban J connectivity index is 1.35. The molecule has 5 aliphatic rings. The van der Waals surface area contributed by atoms with Crippen LogP contribution in [0.2, 0.25) is 0 Å². The first-order valence-corrected chi connectivity index (χ1v) is 15.1. The lowest BCUT2D eigenvalue weighted by Crippen LogP contribution is -2.58. The molecule has 5 rings (SSSR count). The predicted molar refractivity (Wildman–Crippen MR) is 145 cm³/mol. The fraction of sp³-hybridized carbons (Fsp3) is 0.806. The molecule has 2 aliphatic heterocycles. The molecule has 3 aliphatic carbocycles. The fourth-order valence-electron chi connectivity index (χ4n) is 7.75. The van der Waals surface area contributed by atoms with Gasteiger partial charge >= 0.3 is 5.97 Å². The van der Waals surface area contributed by atoms with Gasteiger partial charge in [0.1, 0.15) is 24.4 Å². The van der Waals surface area contributed by atoms with Gasteiger partial charge in [0.05, 0.1) is 24.7 Å². The van der Waals surface area contributed by atoms with Gasteiger partial charge in [0.2, 0.25) is 0 Å². The molecule has 3 fully saturated rings. The molecule has 0 unspecified atom stereocenters. The van der Waals surface area contributed by atoms with Gasteiger partial charge in [0.25, 0.3) is 0 Å². The molecule has 1 saturated carbocycles. The zero-order valence-corrected chi connectivity index (χ0v) is 24.1. The van der Waals surface area contributed by atoms with Crippen LogP contribution in [-0.2, 0) is 28.5 Å². The lowest BCUT2D eigenvalue weighted by atomic mass is 9.70. The smallest absolute Gasteiger partial charge is 0.306 e. The number of hydrogen-bond donors (Lipinski definition) is 3. The van der Waals surface area contributed by atoms with Crippen molar-refractivity contribution >= 4 is 11.8 Å². The van der Waals surface area contributed by atoms with E-state index in [2.05, 4.69) is 18.2 Å². The number of methoxy groups -OCH3 is 1. The Morgan fingerprint density at radius 1 is 1.02 bits per heavy atom. The summed E-state index contributed by atoms with van der Waals surface area (Å²) in [6.45, 7) is 5.50. The number of esters is 1. The van der Waals surface area contributed by atoms with E-state index in [1.54, 1.807) is 13.8 Å². The highest BCUT2D eigenvalue weighted by atomic mass is 16.7. The number of hydrogen-bond acceptors (Lipinski definition) is 9. The molecule has 9 nitrogen and oxygen atoms in total. The van der Waals surface area contributed by atoms with Gasteiger partial charge in [-0.05, 0) is 74.7 Å². The van der Waals surface area contributed by atoms with Gasteiger partial charge in [0, 0.05) is 18.9 Å². The van der Waals surface area contributed by atoms with Crippen LogP contribution in [0.1, 0.15) is 65.7 Å². The third-order valence-corrected chi connectivity index (χ3v) is 10.2. The van der Waals surface area contributed by atoms with Gasteiger partial charge in [-0.2, -0.15) is 0 Å². The van der Waals surface area contributed by atoms with Crippen LogP contribution in [0.5, 0.6) is 0 Å². The molecule has 0 aromatic heterocycles. The number of rotatable bonds is 4. The van der Waals surface area contributed by atoms with Crippen LogP contribution < -0.4 is 0 Å². The largest absolute Gasteiger partial charge is 0.462 e. The monoisotopic (exact) mass is 562 g/mol. The van der Waals surface area contributed by atoms with Gasteiger partial charge in [-0.3, -0.25) is 9.59 Å². The van der Waals surface area contributed by atoms with Crippen LogP contribution in [0.3, 0.4) is 0 Å². The van der Waals surface area contributed by atoms with Gasteiger partial charge in [-0.25, -0.2) is 0 Å². The summed E-state index contributed by atoms with van der Waals surface area (Å²) in [5.41, 5.74) is 0.655. The molecule has 0 amide bonds. The van der Waals surface area contributed by atoms with E-state index in [9.17, 15) is 24.9 Å². The van der Waals surface area contributed by atoms with Crippen molar-refractivity contribution in [1.82, 2.24) is 0 Å². The summed E-state index contributed by atoms with van der Waals surface area (Å²) in [6.07, 6.45) is 5.35. The maximum atomic E-state index is 13.7. The van der Waals surface area contributed by atoms with Crippen molar-refractivity contribution in [3.8, 4) is 0 Å². The molecule has 224 valence electrons.